The Morgan fingerprint density at radius 2 is 1.55 bits per heavy atom. The van der Waals surface area contributed by atoms with Gasteiger partial charge in [0.2, 0.25) is 0 Å². The second kappa shape index (κ2) is 7.38. The number of aliphatic hydroxyl groups excluding tert-OH is 1. The molecule has 20 heavy (non-hydrogen) atoms. The number of rotatable bonds is 5. The predicted molar refractivity (Wildman–Crippen MR) is 85.6 cm³/mol. The molecule has 104 valence electrons. The van der Waals surface area contributed by atoms with E-state index in [0.717, 1.165) is 9.79 Å². The van der Waals surface area contributed by atoms with Crippen molar-refractivity contribution in [2.45, 2.75) is 15.4 Å². The zero-order valence-corrected chi connectivity index (χ0v) is 13.3. The highest BCUT2D eigenvalue weighted by atomic mass is 35.5. The molecule has 0 spiro atoms. The molecule has 0 bridgehead atoms. The van der Waals surface area contributed by atoms with Gasteiger partial charge in [0, 0.05) is 20.9 Å². The summed E-state index contributed by atoms with van der Waals surface area (Å²) in [5.74, 6) is 0. The van der Waals surface area contributed by atoms with Gasteiger partial charge in [-0.05, 0) is 29.8 Å². The second-order valence-corrected chi connectivity index (χ2v) is 6.78. The summed E-state index contributed by atoms with van der Waals surface area (Å²) >= 11 is 11.3. The molecule has 2 aromatic carbocycles. The molecular formula is C14H10Cl2O2S2. The fraction of sp³-hybridized carbons (Fsp3) is 0.0714. The van der Waals surface area contributed by atoms with Crippen LogP contribution in [0.5, 0.6) is 0 Å². The first-order chi connectivity index (χ1) is 9.59. The van der Waals surface area contributed by atoms with E-state index in [1.165, 1.54) is 21.6 Å². The van der Waals surface area contributed by atoms with E-state index in [0.29, 0.717) is 11.1 Å². The van der Waals surface area contributed by atoms with Crippen LogP contribution in [0.15, 0.2) is 58.3 Å². The number of halogens is 2. The number of carbonyl (C=O) groups excluding carboxylic acids is 1. The summed E-state index contributed by atoms with van der Waals surface area (Å²) in [6.45, 7) is 0. The summed E-state index contributed by atoms with van der Waals surface area (Å²) < 4.78 is 0. The van der Waals surface area contributed by atoms with Crippen LogP contribution in [0.3, 0.4) is 0 Å². The average molecular weight is 345 g/mol. The van der Waals surface area contributed by atoms with Gasteiger partial charge < -0.3 is 5.11 Å². The van der Waals surface area contributed by atoms with Crippen LogP contribution in [-0.4, -0.2) is 10.3 Å². The number of hydrogen-bond donors (Lipinski definition) is 1. The van der Waals surface area contributed by atoms with E-state index in [1.807, 2.05) is 30.3 Å². The Hall–Kier alpha value is -0.650. The van der Waals surface area contributed by atoms with Crippen molar-refractivity contribution in [3.05, 3.63) is 59.7 Å². The van der Waals surface area contributed by atoms with Crippen molar-refractivity contribution in [2.24, 2.45) is 0 Å². The number of alkyl halides is 1. The van der Waals surface area contributed by atoms with E-state index >= 15 is 0 Å². The van der Waals surface area contributed by atoms with Crippen LogP contribution in [0.4, 0.5) is 0 Å². The standard InChI is InChI=1S/C14H10Cl2O2S2/c15-13(17)9-5-1-3-7-11(9)19-20-12-8-4-2-6-10(12)14(16)18/h1-8,13,17H. The van der Waals surface area contributed by atoms with Crippen LogP contribution in [-0.2, 0) is 0 Å². The third kappa shape index (κ3) is 3.93. The van der Waals surface area contributed by atoms with Gasteiger partial charge in [-0.15, -0.1) is 0 Å². The van der Waals surface area contributed by atoms with Crippen molar-refractivity contribution >= 4 is 50.0 Å². The summed E-state index contributed by atoms with van der Waals surface area (Å²) in [5.41, 5.74) is 0.0566. The van der Waals surface area contributed by atoms with E-state index in [2.05, 4.69) is 0 Å². The highest BCUT2D eigenvalue weighted by Gasteiger charge is 2.13. The molecular weight excluding hydrogens is 335 g/mol. The van der Waals surface area contributed by atoms with Crippen molar-refractivity contribution in [3.63, 3.8) is 0 Å². The lowest BCUT2D eigenvalue weighted by Crippen LogP contribution is -1.92. The third-order valence-electron chi connectivity index (χ3n) is 2.50. The van der Waals surface area contributed by atoms with E-state index in [-0.39, 0.29) is 0 Å². The highest BCUT2D eigenvalue weighted by Crippen LogP contribution is 2.42. The molecule has 2 rings (SSSR count). The molecule has 1 unspecified atom stereocenters. The minimum atomic E-state index is -1.05. The van der Waals surface area contributed by atoms with Crippen LogP contribution in [0, 0.1) is 0 Å². The Bertz CT molecular complexity index is 618. The number of aliphatic hydroxyl groups is 1. The number of carbonyl (C=O) groups is 1. The van der Waals surface area contributed by atoms with Gasteiger partial charge >= 0.3 is 0 Å². The molecule has 6 heteroatoms. The van der Waals surface area contributed by atoms with E-state index in [4.69, 9.17) is 23.2 Å². The topological polar surface area (TPSA) is 37.3 Å². The Morgan fingerprint density at radius 1 is 1.00 bits per heavy atom. The van der Waals surface area contributed by atoms with Gasteiger partial charge in [-0.2, -0.15) is 0 Å². The molecule has 1 atom stereocenters. The summed E-state index contributed by atoms with van der Waals surface area (Å²) in [6.07, 6.45) is 0. The van der Waals surface area contributed by atoms with E-state index < -0.39 is 10.8 Å². The van der Waals surface area contributed by atoms with Gasteiger partial charge in [0.25, 0.3) is 5.24 Å². The van der Waals surface area contributed by atoms with Crippen LogP contribution in [0.25, 0.3) is 0 Å². The Kier molecular flexibility index (Phi) is 5.81. The number of benzene rings is 2. The zero-order valence-electron chi connectivity index (χ0n) is 10.1. The molecule has 0 aliphatic heterocycles. The third-order valence-corrected chi connectivity index (χ3v) is 5.43. The lowest BCUT2D eigenvalue weighted by molar-refractivity contribution is 0.107. The first-order valence-corrected chi connectivity index (χ1v) is 8.60. The van der Waals surface area contributed by atoms with Gasteiger partial charge in [-0.1, -0.05) is 63.5 Å². The first kappa shape index (κ1) is 15.7. The molecule has 0 radical (unpaired) electrons. The van der Waals surface area contributed by atoms with Gasteiger partial charge in [0.05, 0.1) is 0 Å². The summed E-state index contributed by atoms with van der Waals surface area (Å²) in [5, 5.41) is 9.03. The summed E-state index contributed by atoms with van der Waals surface area (Å²) in [7, 11) is 2.82. The molecule has 0 aliphatic rings. The molecule has 0 fully saturated rings. The van der Waals surface area contributed by atoms with Crippen molar-refractivity contribution in [2.75, 3.05) is 0 Å². The zero-order chi connectivity index (χ0) is 14.5. The molecule has 0 saturated heterocycles. The van der Waals surface area contributed by atoms with Crippen LogP contribution < -0.4 is 0 Å². The minimum Gasteiger partial charge on any atom is -0.373 e. The Balaban J connectivity index is 2.20. The summed E-state index contributed by atoms with van der Waals surface area (Å²) in [4.78, 5) is 13.0. The average Bonchev–Trinajstić information content (AvgIpc) is 2.45. The molecule has 0 aromatic heterocycles. The molecule has 1 N–H and O–H groups in total. The normalized spacial score (nSPS) is 12.2. The first-order valence-electron chi connectivity index (χ1n) is 5.64. The van der Waals surface area contributed by atoms with Gasteiger partial charge in [0.15, 0.2) is 5.56 Å². The lowest BCUT2D eigenvalue weighted by Gasteiger charge is -2.10. The van der Waals surface area contributed by atoms with Crippen molar-refractivity contribution in [1.29, 1.82) is 0 Å². The van der Waals surface area contributed by atoms with Crippen LogP contribution in [0.1, 0.15) is 21.5 Å². The highest BCUT2D eigenvalue weighted by molar-refractivity contribution is 8.76. The fourth-order valence-corrected chi connectivity index (χ4v) is 4.42. The predicted octanol–water partition coefficient (Wildman–Crippen LogP) is 5.09. The smallest absolute Gasteiger partial charge is 0.253 e. The Morgan fingerprint density at radius 3 is 2.20 bits per heavy atom. The van der Waals surface area contributed by atoms with E-state index in [9.17, 15) is 9.90 Å². The maximum absolute atomic E-state index is 11.3. The SMILES string of the molecule is O=C(Cl)c1ccccc1SSc1ccccc1C(O)Cl. The van der Waals surface area contributed by atoms with Crippen molar-refractivity contribution < 1.29 is 9.90 Å². The molecule has 0 amide bonds. The van der Waals surface area contributed by atoms with Crippen molar-refractivity contribution in [3.8, 4) is 0 Å². The molecule has 0 heterocycles. The van der Waals surface area contributed by atoms with Crippen LogP contribution >= 0.6 is 44.8 Å². The molecule has 2 aromatic rings. The minimum absolute atomic E-state index is 0.468. The summed E-state index contributed by atoms with van der Waals surface area (Å²) in [6, 6.07) is 14.4. The number of hydrogen-bond acceptors (Lipinski definition) is 4. The monoisotopic (exact) mass is 344 g/mol. The van der Waals surface area contributed by atoms with Gasteiger partial charge in [-0.3, -0.25) is 4.79 Å². The molecule has 0 saturated carbocycles. The fourth-order valence-electron chi connectivity index (χ4n) is 1.54. The second-order valence-electron chi connectivity index (χ2n) is 3.81. The lowest BCUT2D eigenvalue weighted by atomic mass is 10.2. The molecule has 2 nitrogen and oxygen atoms in total. The van der Waals surface area contributed by atoms with Crippen molar-refractivity contribution in [1.82, 2.24) is 0 Å². The van der Waals surface area contributed by atoms with Crippen LogP contribution in [0.2, 0.25) is 0 Å². The molecule has 0 aliphatic carbocycles. The van der Waals surface area contributed by atoms with Gasteiger partial charge in [-0.25, -0.2) is 0 Å². The quantitative estimate of drug-likeness (QED) is 0.465. The van der Waals surface area contributed by atoms with E-state index in [1.54, 1.807) is 18.2 Å². The maximum Gasteiger partial charge on any atom is 0.253 e. The Labute approximate surface area is 134 Å². The maximum atomic E-state index is 11.3. The largest absolute Gasteiger partial charge is 0.373 e. The van der Waals surface area contributed by atoms with Gasteiger partial charge in [0.1, 0.15) is 0 Å².